The molecule has 0 saturated carbocycles. The van der Waals surface area contributed by atoms with Gasteiger partial charge in [-0.15, -0.1) is 11.3 Å². The van der Waals surface area contributed by atoms with Gasteiger partial charge in [0, 0.05) is 19.0 Å². The molecular formula is C23H19F2N3O4S. The molecule has 2 amide bonds. The fourth-order valence-electron chi connectivity index (χ4n) is 3.20. The standard InChI is InChI=1S/C23H19F2N3O4S/c1-12-3-5-14(24)17(9-12)28-23(30)27-16-6-4-13(10-15(16)25)32-19-7-8-26-18-11-20(22(29)31-2)33-21(18)19/h3-6,9-11H,7-8H2,1-2H3,(H2,27,28,30). The van der Waals surface area contributed by atoms with E-state index in [4.69, 9.17) is 9.47 Å². The number of benzene rings is 2. The first-order chi connectivity index (χ1) is 15.8. The number of nitrogens with zero attached hydrogens (tertiary/aromatic N) is 1. The Balaban J connectivity index is 1.51. The molecule has 4 rings (SSSR count). The van der Waals surface area contributed by atoms with E-state index in [1.807, 2.05) is 0 Å². The van der Waals surface area contributed by atoms with Crippen LogP contribution < -0.4 is 25.3 Å². The summed E-state index contributed by atoms with van der Waals surface area (Å²) in [5.41, 5.74) is 0.659. The number of carbonyl (C=O) groups is 2. The third-order valence-corrected chi connectivity index (χ3v) is 5.92. The molecule has 2 N–H and O–H groups in total. The van der Waals surface area contributed by atoms with Crippen LogP contribution >= 0.6 is 11.3 Å². The third-order valence-electron chi connectivity index (χ3n) is 4.77. The molecule has 33 heavy (non-hydrogen) atoms. The molecule has 1 aromatic heterocycles. The van der Waals surface area contributed by atoms with Crippen molar-refractivity contribution in [3.05, 3.63) is 74.4 Å². The molecule has 170 valence electrons. The van der Waals surface area contributed by atoms with Crippen LogP contribution in [0, 0.1) is 18.6 Å². The Kier molecular flexibility index (Phi) is 6.36. The SMILES string of the molecule is COC(=O)c1cc2c(s1)=C(Oc1ccc(NC(=O)Nc3cc(C)ccc3F)c(F)c1)CCN=2. The molecule has 2 heterocycles. The molecule has 0 bridgehead atoms. The van der Waals surface area contributed by atoms with E-state index in [1.54, 1.807) is 19.1 Å². The first kappa shape index (κ1) is 22.4. The zero-order chi connectivity index (χ0) is 23.5. The van der Waals surface area contributed by atoms with Crippen LogP contribution in [0.15, 0.2) is 47.5 Å². The van der Waals surface area contributed by atoms with Gasteiger partial charge in [0.25, 0.3) is 0 Å². The third kappa shape index (κ3) is 5.01. The van der Waals surface area contributed by atoms with Gasteiger partial charge >= 0.3 is 12.0 Å². The van der Waals surface area contributed by atoms with E-state index < -0.39 is 23.6 Å². The topological polar surface area (TPSA) is 89.0 Å². The van der Waals surface area contributed by atoms with E-state index in [-0.39, 0.29) is 17.1 Å². The summed E-state index contributed by atoms with van der Waals surface area (Å²) in [6, 6.07) is 9.12. The smallest absolute Gasteiger partial charge is 0.348 e. The largest absolute Gasteiger partial charge is 0.465 e. The first-order valence-electron chi connectivity index (χ1n) is 9.91. The number of urea groups is 1. The van der Waals surface area contributed by atoms with Crippen molar-refractivity contribution in [1.29, 1.82) is 0 Å². The molecule has 3 aromatic rings. The van der Waals surface area contributed by atoms with E-state index in [0.717, 1.165) is 11.6 Å². The van der Waals surface area contributed by atoms with Crippen molar-refractivity contribution in [3.63, 3.8) is 0 Å². The van der Waals surface area contributed by atoms with Gasteiger partial charge in [-0.1, -0.05) is 6.07 Å². The average molecular weight is 471 g/mol. The minimum absolute atomic E-state index is 0.00921. The van der Waals surface area contributed by atoms with Gasteiger partial charge in [0.15, 0.2) is 0 Å². The van der Waals surface area contributed by atoms with Crippen LogP contribution in [0.2, 0.25) is 0 Å². The molecule has 0 fully saturated rings. The fourth-order valence-corrected chi connectivity index (χ4v) is 4.25. The molecule has 0 aliphatic carbocycles. The van der Waals surface area contributed by atoms with Gasteiger partial charge in [-0.25, -0.2) is 18.4 Å². The van der Waals surface area contributed by atoms with Crippen molar-refractivity contribution < 1.29 is 27.8 Å². The summed E-state index contributed by atoms with van der Waals surface area (Å²) in [5, 5.41) is 5.34. The number of halogens is 2. The number of thiophene rings is 1. The van der Waals surface area contributed by atoms with Gasteiger partial charge in [0.2, 0.25) is 0 Å². The van der Waals surface area contributed by atoms with Crippen LogP contribution in [-0.2, 0) is 4.74 Å². The number of hydrogen-bond acceptors (Lipinski definition) is 6. The summed E-state index contributed by atoms with van der Waals surface area (Å²) >= 11 is 1.19. The fraction of sp³-hybridized carbons (Fsp3) is 0.174. The second-order valence-corrected chi connectivity index (χ2v) is 8.23. The highest BCUT2D eigenvalue weighted by Crippen LogP contribution is 2.24. The van der Waals surface area contributed by atoms with Gasteiger partial charge in [0.05, 0.1) is 28.4 Å². The number of esters is 1. The summed E-state index contributed by atoms with van der Waals surface area (Å²) in [6.07, 6.45) is 0.486. The van der Waals surface area contributed by atoms with Crippen molar-refractivity contribution in [3.8, 4) is 5.75 Å². The Morgan fingerprint density at radius 3 is 2.58 bits per heavy atom. The molecule has 0 atom stereocenters. The van der Waals surface area contributed by atoms with Gasteiger partial charge in [0.1, 0.15) is 28.0 Å². The summed E-state index contributed by atoms with van der Waals surface area (Å²) in [6.45, 7) is 2.23. The van der Waals surface area contributed by atoms with Crippen molar-refractivity contribution in [1.82, 2.24) is 0 Å². The van der Waals surface area contributed by atoms with E-state index in [2.05, 4.69) is 15.6 Å². The van der Waals surface area contributed by atoms with Gasteiger partial charge in [-0.05, 0) is 42.8 Å². The number of rotatable bonds is 5. The van der Waals surface area contributed by atoms with Gasteiger partial charge in [-0.3, -0.25) is 4.99 Å². The van der Waals surface area contributed by atoms with E-state index in [1.165, 1.54) is 42.7 Å². The number of anilines is 2. The zero-order valence-corrected chi connectivity index (χ0v) is 18.5. The molecule has 2 aromatic carbocycles. The molecule has 0 spiro atoms. The Labute approximate surface area is 191 Å². The molecule has 10 heteroatoms. The number of fused-ring (bicyclic) bond motifs is 1. The van der Waals surface area contributed by atoms with E-state index in [9.17, 15) is 18.4 Å². The summed E-state index contributed by atoms with van der Waals surface area (Å²) in [4.78, 5) is 28.8. The van der Waals surface area contributed by atoms with Crippen LogP contribution in [0.1, 0.15) is 21.7 Å². The number of hydrogen-bond donors (Lipinski definition) is 2. The maximum atomic E-state index is 14.6. The minimum Gasteiger partial charge on any atom is -0.465 e. The Morgan fingerprint density at radius 2 is 1.82 bits per heavy atom. The molecule has 1 aliphatic rings. The lowest BCUT2D eigenvalue weighted by molar-refractivity contribution is 0.0606. The summed E-state index contributed by atoms with van der Waals surface area (Å²) in [7, 11) is 1.30. The molecule has 0 saturated heterocycles. The highest BCUT2D eigenvalue weighted by atomic mass is 32.1. The lowest BCUT2D eigenvalue weighted by Crippen LogP contribution is -2.28. The summed E-state index contributed by atoms with van der Waals surface area (Å²) < 4.78 is 39.7. The molecular weight excluding hydrogens is 452 g/mol. The highest BCUT2D eigenvalue weighted by Gasteiger charge is 2.17. The van der Waals surface area contributed by atoms with Crippen LogP contribution in [0.4, 0.5) is 25.0 Å². The first-order valence-corrected chi connectivity index (χ1v) is 10.7. The van der Waals surface area contributed by atoms with E-state index >= 15 is 0 Å². The predicted octanol–water partition coefficient (Wildman–Crippen LogP) is 3.98. The number of methoxy groups -OCH3 is 1. The monoisotopic (exact) mass is 471 g/mol. The number of amides is 2. The maximum Gasteiger partial charge on any atom is 0.348 e. The Bertz CT molecular complexity index is 1370. The van der Waals surface area contributed by atoms with Crippen LogP contribution in [0.5, 0.6) is 5.75 Å². The average Bonchev–Trinajstić information content (AvgIpc) is 3.23. The van der Waals surface area contributed by atoms with E-state index in [0.29, 0.717) is 33.5 Å². The number of aryl methyl sites for hydroxylation is 1. The lowest BCUT2D eigenvalue weighted by Gasteiger charge is -2.13. The molecule has 1 aliphatic heterocycles. The molecule has 7 nitrogen and oxygen atoms in total. The zero-order valence-electron chi connectivity index (χ0n) is 17.7. The van der Waals surface area contributed by atoms with Crippen molar-refractivity contribution in [2.45, 2.75) is 13.3 Å². The van der Waals surface area contributed by atoms with Crippen molar-refractivity contribution in [2.75, 3.05) is 24.3 Å². The van der Waals surface area contributed by atoms with Crippen molar-refractivity contribution >= 4 is 40.5 Å². The number of ether oxygens (including phenoxy) is 2. The maximum absolute atomic E-state index is 14.6. The van der Waals surface area contributed by atoms with Crippen LogP contribution in [0.25, 0.3) is 5.76 Å². The normalized spacial score (nSPS) is 12.4. The molecule has 0 unspecified atom stereocenters. The lowest BCUT2D eigenvalue weighted by atomic mass is 10.2. The van der Waals surface area contributed by atoms with Crippen LogP contribution in [0.3, 0.4) is 0 Å². The minimum atomic E-state index is -0.783. The predicted molar refractivity (Wildman–Crippen MR) is 120 cm³/mol. The molecule has 0 radical (unpaired) electrons. The Morgan fingerprint density at radius 1 is 1.03 bits per heavy atom. The van der Waals surface area contributed by atoms with Gasteiger partial charge < -0.3 is 20.1 Å². The van der Waals surface area contributed by atoms with Gasteiger partial charge in [-0.2, -0.15) is 0 Å². The number of carbonyl (C=O) groups excluding carboxylic acids is 2. The second kappa shape index (κ2) is 9.37. The van der Waals surface area contributed by atoms with Crippen LogP contribution in [-0.4, -0.2) is 25.7 Å². The second-order valence-electron chi connectivity index (χ2n) is 7.18. The summed E-state index contributed by atoms with van der Waals surface area (Å²) in [5.74, 6) is -1.00. The Hall–Kier alpha value is -3.79. The highest BCUT2D eigenvalue weighted by molar-refractivity contribution is 7.11. The van der Waals surface area contributed by atoms with Crippen molar-refractivity contribution in [2.24, 2.45) is 4.99 Å². The quantitative estimate of drug-likeness (QED) is 0.551. The number of nitrogens with one attached hydrogen (secondary N) is 2.